The molecule has 76 valence electrons. The van der Waals surface area contributed by atoms with Gasteiger partial charge in [-0.2, -0.15) is 0 Å². The highest BCUT2D eigenvalue weighted by Crippen LogP contribution is 2.21. The van der Waals surface area contributed by atoms with Crippen LogP contribution >= 0.6 is 0 Å². The summed E-state index contributed by atoms with van der Waals surface area (Å²) in [5.41, 5.74) is 1.17. The van der Waals surface area contributed by atoms with Crippen molar-refractivity contribution in [1.29, 1.82) is 0 Å². The van der Waals surface area contributed by atoms with Gasteiger partial charge in [-0.15, -0.1) is 0 Å². The van der Waals surface area contributed by atoms with Crippen molar-refractivity contribution >= 4 is 0 Å². The molecule has 1 nitrogen and oxygen atoms in total. The first-order chi connectivity index (χ1) is 6.75. The molecule has 0 aliphatic heterocycles. The van der Waals surface area contributed by atoms with Crippen LogP contribution in [0.2, 0.25) is 0 Å². The minimum Gasteiger partial charge on any atom is -0.310 e. The molecule has 0 aromatic heterocycles. The second-order valence-electron chi connectivity index (χ2n) is 3.70. The molecule has 0 unspecified atom stereocenters. The minimum atomic E-state index is -2.36. The van der Waals surface area contributed by atoms with E-state index in [2.05, 4.69) is 5.32 Å². The summed E-state index contributed by atoms with van der Waals surface area (Å²) < 4.78 is 24.4. The predicted molar refractivity (Wildman–Crippen MR) is 51.3 cm³/mol. The maximum Gasteiger partial charge on any atom is 0.263 e. The first kappa shape index (κ1) is 9.59. The van der Waals surface area contributed by atoms with Gasteiger partial charge in [-0.3, -0.25) is 0 Å². The molecule has 3 heteroatoms. The molecule has 1 aromatic rings. The fourth-order valence-electron chi connectivity index (χ4n) is 1.33. The van der Waals surface area contributed by atoms with Crippen molar-refractivity contribution in [2.45, 2.75) is 31.9 Å². The quantitative estimate of drug-likeness (QED) is 0.782. The maximum absolute atomic E-state index is 12.2. The number of benzene rings is 1. The van der Waals surface area contributed by atoms with Gasteiger partial charge in [0.1, 0.15) is 0 Å². The Morgan fingerprint density at radius 2 is 1.86 bits per heavy atom. The summed E-state index contributed by atoms with van der Waals surface area (Å²) in [6.45, 7) is 0.786. The molecular formula is C11H13F2N. The third-order valence-electron chi connectivity index (χ3n) is 2.40. The molecule has 1 N–H and O–H groups in total. The summed E-state index contributed by atoms with van der Waals surface area (Å²) in [6, 6.07) is 7.17. The van der Waals surface area contributed by atoms with Crippen LogP contribution in [0.3, 0.4) is 0 Å². The fraction of sp³-hybridized carbons (Fsp3) is 0.455. The molecule has 0 radical (unpaired) electrons. The molecule has 14 heavy (non-hydrogen) atoms. The second-order valence-corrected chi connectivity index (χ2v) is 3.70. The lowest BCUT2D eigenvalue weighted by Crippen LogP contribution is -2.15. The van der Waals surface area contributed by atoms with Gasteiger partial charge < -0.3 is 5.32 Å². The molecule has 1 aliphatic carbocycles. The predicted octanol–water partition coefficient (Wildman–Crippen LogP) is 2.88. The van der Waals surface area contributed by atoms with E-state index in [1.807, 2.05) is 0 Å². The summed E-state index contributed by atoms with van der Waals surface area (Å²) in [4.78, 5) is 0. The Kier molecular flexibility index (Phi) is 2.77. The SMILES string of the molecule is FC(F)c1ccc(CNC2CC2)cc1. The van der Waals surface area contributed by atoms with Gasteiger partial charge in [-0.25, -0.2) is 8.78 Å². The third kappa shape index (κ3) is 2.51. The van der Waals surface area contributed by atoms with E-state index in [1.54, 1.807) is 12.1 Å². The molecule has 0 heterocycles. The summed E-state index contributed by atoms with van der Waals surface area (Å²) >= 11 is 0. The third-order valence-corrected chi connectivity index (χ3v) is 2.40. The highest BCUT2D eigenvalue weighted by Gasteiger charge is 2.19. The zero-order chi connectivity index (χ0) is 9.97. The Morgan fingerprint density at radius 3 is 2.36 bits per heavy atom. The van der Waals surface area contributed by atoms with Gasteiger partial charge in [0.2, 0.25) is 0 Å². The maximum atomic E-state index is 12.2. The van der Waals surface area contributed by atoms with E-state index >= 15 is 0 Å². The van der Waals surface area contributed by atoms with E-state index in [9.17, 15) is 8.78 Å². The Bertz CT molecular complexity index is 291. The Morgan fingerprint density at radius 1 is 1.21 bits per heavy atom. The monoisotopic (exact) mass is 197 g/mol. The lowest BCUT2D eigenvalue weighted by Gasteiger charge is -2.04. The number of rotatable bonds is 4. The van der Waals surface area contributed by atoms with E-state index in [1.165, 1.54) is 25.0 Å². The molecule has 0 spiro atoms. The molecular weight excluding hydrogens is 184 g/mol. The highest BCUT2D eigenvalue weighted by molar-refractivity contribution is 5.23. The van der Waals surface area contributed by atoms with Gasteiger partial charge in [-0.05, 0) is 18.4 Å². The average Bonchev–Trinajstić information content (AvgIpc) is 2.99. The Balaban J connectivity index is 1.91. The van der Waals surface area contributed by atoms with Gasteiger partial charge in [-0.1, -0.05) is 24.3 Å². The van der Waals surface area contributed by atoms with Crippen molar-refractivity contribution in [2.75, 3.05) is 0 Å². The zero-order valence-corrected chi connectivity index (χ0v) is 7.84. The van der Waals surface area contributed by atoms with Crippen molar-refractivity contribution < 1.29 is 8.78 Å². The van der Waals surface area contributed by atoms with Crippen LogP contribution in [-0.4, -0.2) is 6.04 Å². The molecule has 2 rings (SSSR count). The summed E-state index contributed by atoms with van der Waals surface area (Å²) in [5, 5.41) is 3.33. The number of alkyl halides is 2. The van der Waals surface area contributed by atoms with Crippen molar-refractivity contribution in [3.8, 4) is 0 Å². The van der Waals surface area contributed by atoms with Crippen LogP contribution in [0.1, 0.15) is 30.4 Å². The normalized spacial score (nSPS) is 16.2. The summed E-state index contributed by atoms with van der Waals surface area (Å²) in [7, 11) is 0. The molecule has 0 bridgehead atoms. The number of halogens is 2. The van der Waals surface area contributed by atoms with Crippen LogP contribution in [0.4, 0.5) is 8.78 Å². The van der Waals surface area contributed by atoms with E-state index in [0.717, 1.165) is 12.1 Å². The fourth-order valence-corrected chi connectivity index (χ4v) is 1.33. The Labute approximate surface area is 82.1 Å². The van der Waals surface area contributed by atoms with Crippen LogP contribution in [-0.2, 0) is 6.54 Å². The van der Waals surface area contributed by atoms with Gasteiger partial charge >= 0.3 is 0 Å². The van der Waals surface area contributed by atoms with Gasteiger partial charge in [0.25, 0.3) is 6.43 Å². The molecule has 0 saturated heterocycles. The molecule has 1 saturated carbocycles. The molecule has 1 aromatic carbocycles. The average molecular weight is 197 g/mol. The van der Waals surface area contributed by atoms with E-state index in [4.69, 9.17) is 0 Å². The van der Waals surface area contributed by atoms with Gasteiger partial charge in [0, 0.05) is 18.2 Å². The van der Waals surface area contributed by atoms with E-state index in [0.29, 0.717) is 6.04 Å². The van der Waals surface area contributed by atoms with Gasteiger partial charge in [0.05, 0.1) is 0 Å². The van der Waals surface area contributed by atoms with Crippen LogP contribution in [0.15, 0.2) is 24.3 Å². The summed E-state index contributed by atoms with van der Waals surface area (Å²) in [6.07, 6.45) is 0.130. The molecule has 1 aliphatic rings. The van der Waals surface area contributed by atoms with Crippen molar-refractivity contribution in [1.82, 2.24) is 5.32 Å². The van der Waals surface area contributed by atoms with E-state index in [-0.39, 0.29) is 5.56 Å². The largest absolute Gasteiger partial charge is 0.310 e. The van der Waals surface area contributed by atoms with Crippen molar-refractivity contribution in [3.63, 3.8) is 0 Å². The number of hydrogen-bond donors (Lipinski definition) is 1. The van der Waals surface area contributed by atoms with Gasteiger partial charge in [0.15, 0.2) is 0 Å². The topological polar surface area (TPSA) is 12.0 Å². The zero-order valence-electron chi connectivity index (χ0n) is 7.84. The number of nitrogens with one attached hydrogen (secondary N) is 1. The van der Waals surface area contributed by atoms with Crippen molar-refractivity contribution in [2.24, 2.45) is 0 Å². The second kappa shape index (κ2) is 4.05. The summed E-state index contributed by atoms with van der Waals surface area (Å²) in [5.74, 6) is 0. The Hall–Kier alpha value is -0.960. The first-order valence-electron chi connectivity index (χ1n) is 4.86. The van der Waals surface area contributed by atoms with Crippen molar-refractivity contribution in [3.05, 3.63) is 35.4 Å². The molecule has 1 fully saturated rings. The smallest absolute Gasteiger partial charge is 0.263 e. The van der Waals surface area contributed by atoms with E-state index < -0.39 is 6.43 Å². The lowest BCUT2D eigenvalue weighted by molar-refractivity contribution is 0.151. The standard InChI is InChI=1S/C11H13F2N/c12-11(13)9-3-1-8(2-4-9)7-14-10-5-6-10/h1-4,10-11,14H,5-7H2. The molecule has 0 atom stereocenters. The molecule has 0 amide bonds. The minimum absolute atomic E-state index is 0.0974. The first-order valence-corrected chi connectivity index (χ1v) is 4.86. The van der Waals surface area contributed by atoms with Crippen LogP contribution < -0.4 is 5.32 Å². The van der Waals surface area contributed by atoms with Crippen LogP contribution in [0.25, 0.3) is 0 Å². The number of hydrogen-bond acceptors (Lipinski definition) is 1. The highest BCUT2D eigenvalue weighted by atomic mass is 19.3. The van der Waals surface area contributed by atoms with Crippen LogP contribution in [0.5, 0.6) is 0 Å². The lowest BCUT2D eigenvalue weighted by atomic mass is 10.1. The van der Waals surface area contributed by atoms with Crippen LogP contribution in [0, 0.1) is 0 Å².